The smallest absolute Gasteiger partial charge is 0.271 e. The van der Waals surface area contributed by atoms with Crippen LogP contribution in [0.3, 0.4) is 0 Å². The van der Waals surface area contributed by atoms with Gasteiger partial charge in [0.1, 0.15) is 0 Å². The molecule has 0 saturated heterocycles. The number of hydrazone groups is 1. The monoisotopic (exact) mass is 441 g/mol. The Labute approximate surface area is 150 Å². The van der Waals surface area contributed by atoms with E-state index in [1.54, 1.807) is 6.07 Å². The van der Waals surface area contributed by atoms with Crippen LogP contribution in [-0.4, -0.2) is 29.3 Å². The van der Waals surface area contributed by atoms with Gasteiger partial charge in [0.05, 0.1) is 21.8 Å². The second-order valence-electron chi connectivity index (χ2n) is 4.56. The van der Waals surface area contributed by atoms with E-state index in [0.29, 0.717) is 14.9 Å². The number of nitrogens with zero attached hydrogens (tertiary/aromatic N) is 2. The minimum Gasteiger partial charge on any atom is -0.504 e. The van der Waals surface area contributed by atoms with E-state index in [0.717, 1.165) is 0 Å². The molecule has 0 saturated carbocycles. The molecule has 1 amide bonds. The van der Waals surface area contributed by atoms with Crippen LogP contribution in [0.15, 0.2) is 41.5 Å². The third-order valence-electron chi connectivity index (χ3n) is 2.97. The van der Waals surface area contributed by atoms with E-state index in [1.165, 1.54) is 43.7 Å². The average molecular weight is 441 g/mol. The number of rotatable bonds is 5. The zero-order valence-corrected chi connectivity index (χ0v) is 14.6. The number of hydrogen-bond acceptors (Lipinski definition) is 6. The van der Waals surface area contributed by atoms with Crippen molar-refractivity contribution in [1.82, 2.24) is 5.43 Å². The SMILES string of the molecule is COc1c(O)cc(C=NNC(=O)c2ccc([N+](=O)[O-])cc2)cc1I. The van der Waals surface area contributed by atoms with Crippen molar-refractivity contribution in [3.05, 3.63) is 61.2 Å². The Hall–Kier alpha value is -2.69. The number of phenols is 1. The summed E-state index contributed by atoms with van der Waals surface area (Å²) >= 11 is 2.01. The Kier molecular flexibility index (Phi) is 5.68. The van der Waals surface area contributed by atoms with Gasteiger partial charge in [-0.25, -0.2) is 5.43 Å². The number of amides is 1. The fourth-order valence-corrected chi connectivity index (χ4v) is 2.70. The van der Waals surface area contributed by atoms with Crippen molar-refractivity contribution in [1.29, 1.82) is 0 Å². The number of hydrogen-bond donors (Lipinski definition) is 2. The summed E-state index contributed by atoms with van der Waals surface area (Å²) in [6, 6.07) is 8.32. The number of carbonyl (C=O) groups is 1. The maximum absolute atomic E-state index is 11.9. The molecule has 0 unspecified atom stereocenters. The second-order valence-corrected chi connectivity index (χ2v) is 5.72. The van der Waals surface area contributed by atoms with Crippen molar-refractivity contribution >= 4 is 40.4 Å². The summed E-state index contributed by atoms with van der Waals surface area (Å²) in [5, 5.41) is 24.2. The van der Waals surface area contributed by atoms with Gasteiger partial charge >= 0.3 is 0 Å². The Morgan fingerprint density at radius 3 is 2.58 bits per heavy atom. The minimum absolute atomic E-state index is 0.0347. The number of benzene rings is 2. The molecule has 0 radical (unpaired) electrons. The highest BCUT2D eigenvalue weighted by Gasteiger charge is 2.09. The molecule has 0 aliphatic carbocycles. The lowest BCUT2D eigenvalue weighted by Gasteiger charge is -2.06. The lowest BCUT2D eigenvalue weighted by Crippen LogP contribution is -2.17. The van der Waals surface area contributed by atoms with Gasteiger partial charge in [-0.15, -0.1) is 0 Å². The maximum atomic E-state index is 11.9. The van der Waals surface area contributed by atoms with Crippen molar-refractivity contribution in [2.45, 2.75) is 0 Å². The summed E-state index contributed by atoms with van der Waals surface area (Å²) in [7, 11) is 1.45. The number of halogens is 1. The van der Waals surface area contributed by atoms with Crippen molar-refractivity contribution in [3.8, 4) is 11.5 Å². The van der Waals surface area contributed by atoms with Crippen LogP contribution in [0, 0.1) is 13.7 Å². The molecule has 0 aliphatic rings. The maximum Gasteiger partial charge on any atom is 0.271 e. The Balaban J connectivity index is 2.06. The molecule has 8 nitrogen and oxygen atoms in total. The van der Waals surface area contributed by atoms with Crippen molar-refractivity contribution in [2.75, 3.05) is 7.11 Å². The molecule has 0 fully saturated rings. The highest BCUT2D eigenvalue weighted by atomic mass is 127. The summed E-state index contributed by atoms with van der Waals surface area (Å²) in [5.41, 5.74) is 3.02. The number of phenolic OH excluding ortho intramolecular Hbond substituents is 1. The van der Waals surface area contributed by atoms with Crippen molar-refractivity contribution in [2.24, 2.45) is 5.10 Å². The van der Waals surface area contributed by atoms with Crippen molar-refractivity contribution < 1.29 is 19.6 Å². The molecule has 2 rings (SSSR count). The number of methoxy groups -OCH3 is 1. The molecule has 0 bridgehead atoms. The van der Waals surface area contributed by atoms with Gasteiger partial charge in [-0.1, -0.05) is 0 Å². The van der Waals surface area contributed by atoms with E-state index < -0.39 is 10.8 Å². The highest BCUT2D eigenvalue weighted by molar-refractivity contribution is 14.1. The number of non-ortho nitro benzene ring substituents is 1. The van der Waals surface area contributed by atoms with Crippen LogP contribution in [0.1, 0.15) is 15.9 Å². The summed E-state index contributed by atoms with van der Waals surface area (Å²) in [6.07, 6.45) is 1.37. The number of carbonyl (C=O) groups excluding carboxylic acids is 1. The third kappa shape index (κ3) is 4.19. The molecule has 2 N–H and O–H groups in total. The number of nitrogens with one attached hydrogen (secondary N) is 1. The van der Waals surface area contributed by atoms with Gasteiger partial charge in [0, 0.05) is 17.7 Å². The second kappa shape index (κ2) is 7.73. The summed E-state index contributed by atoms with van der Waals surface area (Å²) in [6.45, 7) is 0. The lowest BCUT2D eigenvalue weighted by atomic mass is 10.2. The predicted octanol–water partition coefficient (Wildman–Crippen LogP) is 2.68. The van der Waals surface area contributed by atoms with E-state index in [2.05, 4.69) is 10.5 Å². The first-order chi connectivity index (χ1) is 11.4. The molecule has 0 spiro atoms. The quantitative estimate of drug-likeness (QED) is 0.321. The molecule has 2 aromatic carbocycles. The number of ether oxygens (including phenoxy) is 1. The topological polar surface area (TPSA) is 114 Å². The van der Waals surface area contributed by atoms with Crippen LogP contribution in [0.25, 0.3) is 0 Å². The largest absolute Gasteiger partial charge is 0.504 e. The summed E-state index contributed by atoms with van der Waals surface area (Å²) in [5.74, 6) is -0.177. The van der Waals surface area contributed by atoms with E-state index in [1.807, 2.05) is 22.6 Å². The molecule has 24 heavy (non-hydrogen) atoms. The van der Waals surface area contributed by atoms with E-state index in [9.17, 15) is 20.0 Å². The van der Waals surface area contributed by atoms with E-state index >= 15 is 0 Å². The van der Waals surface area contributed by atoms with Gasteiger partial charge in [-0.3, -0.25) is 14.9 Å². The summed E-state index contributed by atoms with van der Waals surface area (Å²) < 4.78 is 5.73. The normalized spacial score (nSPS) is 10.6. The fourth-order valence-electron chi connectivity index (χ4n) is 1.84. The first-order valence-electron chi connectivity index (χ1n) is 6.56. The van der Waals surface area contributed by atoms with Crippen molar-refractivity contribution in [3.63, 3.8) is 0 Å². The first kappa shape index (κ1) is 17.7. The average Bonchev–Trinajstić information content (AvgIpc) is 2.54. The predicted molar refractivity (Wildman–Crippen MR) is 95.5 cm³/mol. The Bertz CT molecular complexity index is 782. The zero-order valence-electron chi connectivity index (χ0n) is 12.4. The van der Waals surface area contributed by atoms with Crippen LogP contribution < -0.4 is 10.2 Å². The molecule has 2 aromatic rings. The van der Waals surface area contributed by atoms with Gasteiger partial charge < -0.3 is 9.84 Å². The van der Waals surface area contributed by atoms with Gasteiger partial charge in [0.15, 0.2) is 11.5 Å². The molecular formula is C15H12IN3O5. The fraction of sp³-hybridized carbons (Fsp3) is 0.0667. The number of nitro groups is 1. The molecule has 9 heteroatoms. The Morgan fingerprint density at radius 2 is 2.04 bits per heavy atom. The molecule has 0 atom stereocenters. The third-order valence-corrected chi connectivity index (χ3v) is 3.77. The number of aromatic hydroxyl groups is 1. The van der Waals surface area contributed by atoms with Crippen LogP contribution in [0.4, 0.5) is 5.69 Å². The van der Waals surface area contributed by atoms with Crippen LogP contribution in [0.5, 0.6) is 11.5 Å². The van der Waals surface area contributed by atoms with E-state index in [4.69, 9.17) is 4.74 Å². The van der Waals surface area contributed by atoms with Gasteiger partial charge in [0.2, 0.25) is 0 Å². The van der Waals surface area contributed by atoms with Gasteiger partial charge in [-0.05, 0) is 52.4 Å². The first-order valence-corrected chi connectivity index (χ1v) is 7.64. The molecule has 124 valence electrons. The van der Waals surface area contributed by atoms with Crippen LogP contribution >= 0.6 is 22.6 Å². The standard InChI is InChI=1S/C15H12IN3O5/c1-24-14-12(16)6-9(7-13(14)20)8-17-18-15(21)10-2-4-11(5-3-10)19(22)23/h2-8,20H,1H3,(H,18,21). The number of nitro benzene ring substituents is 1. The van der Waals surface area contributed by atoms with Gasteiger partial charge in [0.25, 0.3) is 11.6 Å². The lowest BCUT2D eigenvalue weighted by molar-refractivity contribution is -0.384. The van der Waals surface area contributed by atoms with Gasteiger partial charge in [-0.2, -0.15) is 5.10 Å². The minimum atomic E-state index is -0.544. The Morgan fingerprint density at radius 1 is 1.38 bits per heavy atom. The van der Waals surface area contributed by atoms with Crippen LogP contribution in [-0.2, 0) is 0 Å². The summed E-state index contributed by atoms with van der Waals surface area (Å²) in [4.78, 5) is 21.9. The highest BCUT2D eigenvalue weighted by Crippen LogP contribution is 2.31. The zero-order chi connectivity index (χ0) is 17.7. The molecule has 0 aliphatic heterocycles. The molecule has 0 aromatic heterocycles. The molecular weight excluding hydrogens is 429 g/mol. The van der Waals surface area contributed by atoms with E-state index in [-0.39, 0.29) is 17.0 Å². The van der Waals surface area contributed by atoms with Crippen LogP contribution in [0.2, 0.25) is 0 Å². The molecule has 0 heterocycles.